The third-order valence-corrected chi connectivity index (χ3v) is 6.27. The van der Waals surface area contributed by atoms with Crippen molar-refractivity contribution < 1.29 is 14.4 Å². The lowest BCUT2D eigenvalue weighted by molar-refractivity contribution is -0.144. The molecule has 3 aliphatic heterocycles. The Labute approximate surface area is 159 Å². The first kappa shape index (κ1) is 19.3. The van der Waals surface area contributed by atoms with Crippen molar-refractivity contribution in [2.45, 2.75) is 64.2 Å². The van der Waals surface area contributed by atoms with E-state index < -0.39 is 6.29 Å². The fourth-order valence-electron chi connectivity index (χ4n) is 3.68. The molecule has 0 bridgehead atoms. The number of amides is 4. The summed E-state index contributed by atoms with van der Waals surface area (Å²) in [6.45, 7) is 8.55. The molecule has 0 radical (unpaired) electrons. The molecule has 3 heterocycles. The average molecular weight is 384 g/mol. The lowest BCUT2D eigenvalue weighted by atomic mass is 10.0. The maximum atomic E-state index is 13.0. The van der Waals surface area contributed by atoms with Crippen LogP contribution in [0.2, 0.25) is 0 Å². The quantitative estimate of drug-likeness (QED) is 0.709. The molecule has 9 heteroatoms. The van der Waals surface area contributed by atoms with Crippen LogP contribution in [-0.2, 0) is 9.59 Å². The van der Waals surface area contributed by atoms with Crippen LogP contribution in [0, 0.1) is 5.92 Å². The number of fused-ring (bicyclic) bond motifs is 3. The highest BCUT2D eigenvalue weighted by Crippen LogP contribution is 2.39. The molecule has 3 atom stereocenters. The van der Waals surface area contributed by atoms with Crippen molar-refractivity contribution in [3.63, 3.8) is 0 Å². The molecule has 3 saturated heterocycles. The van der Waals surface area contributed by atoms with Gasteiger partial charge in [0.25, 0.3) is 0 Å². The second-order valence-corrected chi connectivity index (χ2v) is 9.11. The minimum Gasteiger partial charge on any atom is -0.352 e. The molecule has 3 unspecified atom stereocenters. The number of nitrogens with zero attached hydrogens (tertiary/aromatic N) is 3. The fraction of sp³-hybridized carbons (Fsp3) is 0.824. The Hall–Kier alpha value is -1.48. The highest BCUT2D eigenvalue weighted by atomic mass is 32.2. The Kier molecular flexibility index (Phi) is 5.67. The van der Waals surface area contributed by atoms with Crippen LogP contribution in [-0.4, -0.2) is 75.1 Å². The zero-order chi connectivity index (χ0) is 19.0. The van der Waals surface area contributed by atoms with E-state index >= 15 is 0 Å². The lowest BCUT2D eigenvalue weighted by Gasteiger charge is -2.44. The van der Waals surface area contributed by atoms with Gasteiger partial charge in [0.15, 0.2) is 6.29 Å². The van der Waals surface area contributed by atoms with Crippen molar-refractivity contribution in [2.75, 3.05) is 18.8 Å². The van der Waals surface area contributed by atoms with Crippen LogP contribution in [0.15, 0.2) is 0 Å². The van der Waals surface area contributed by atoms with E-state index in [0.29, 0.717) is 12.5 Å². The fourth-order valence-corrected chi connectivity index (χ4v) is 5.08. The van der Waals surface area contributed by atoms with E-state index in [1.807, 2.05) is 13.8 Å². The maximum Gasteiger partial charge on any atom is 0.337 e. The molecule has 3 aliphatic rings. The van der Waals surface area contributed by atoms with Gasteiger partial charge in [0, 0.05) is 12.6 Å². The van der Waals surface area contributed by atoms with E-state index in [1.54, 1.807) is 21.6 Å². The summed E-state index contributed by atoms with van der Waals surface area (Å²) in [5.74, 6) is 1.24. The number of rotatable bonds is 6. The molecule has 3 rings (SSSR count). The van der Waals surface area contributed by atoms with Crippen molar-refractivity contribution in [1.29, 1.82) is 0 Å². The van der Waals surface area contributed by atoms with E-state index in [0.717, 1.165) is 18.6 Å². The molecule has 0 aromatic carbocycles. The van der Waals surface area contributed by atoms with E-state index in [9.17, 15) is 14.4 Å². The van der Waals surface area contributed by atoms with Crippen LogP contribution < -0.4 is 10.7 Å². The van der Waals surface area contributed by atoms with Crippen molar-refractivity contribution in [2.24, 2.45) is 5.92 Å². The first-order chi connectivity index (χ1) is 12.3. The van der Waals surface area contributed by atoms with Gasteiger partial charge in [0.2, 0.25) is 11.8 Å². The molecule has 8 nitrogen and oxygen atoms in total. The second-order valence-electron chi connectivity index (χ2n) is 7.86. The van der Waals surface area contributed by atoms with Crippen molar-refractivity contribution >= 4 is 29.6 Å². The Morgan fingerprint density at radius 2 is 2.04 bits per heavy atom. The maximum absolute atomic E-state index is 13.0. The number of carbonyl (C=O) groups excluding carboxylic acids is 3. The lowest BCUT2D eigenvalue weighted by Crippen LogP contribution is -2.66. The Morgan fingerprint density at radius 1 is 1.31 bits per heavy atom. The molecule has 0 aromatic rings. The summed E-state index contributed by atoms with van der Waals surface area (Å²) in [4.78, 5) is 41.6. The molecule has 0 aromatic heterocycles. The van der Waals surface area contributed by atoms with Crippen molar-refractivity contribution in [3.05, 3.63) is 0 Å². The zero-order valence-corrected chi connectivity index (χ0v) is 16.7. The van der Waals surface area contributed by atoms with Crippen LogP contribution in [0.1, 0.15) is 40.5 Å². The smallest absolute Gasteiger partial charge is 0.337 e. The summed E-state index contributed by atoms with van der Waals surface area (Å²) >= 11 is 1.64. The highest BCUT2D eigenvalue weighted by Gasteiger charge is 2.55. The molecule has 2 N–H and O–H groups in total. The molecule has 0 saturated carbocycles. The van der Waals surface area contributed by atoms with Gasteiger partial charge in [-0.1, -0.05) is 13.8 Å². The second kappa shape index (κ2) is 7.64. The van der Waals surface area contributed by atoms with Gasteiger partial charge in [-0.2, -0.15) is 5.43 Å². The number of carbonyl (C=O) groups is 3. The zero-order valence-electron chi connectivity index (χ0n) is 15.9. The van der Waals surface area contributed by atoms with Gasteiger partial charge in [-0.05, 0) is 38.4 Å². The number of hydrogen-bond acceptors (Lipinski definition) is 5. The first-order valence-electron chi connectivity index (χ1n) is 9.37. The van der Waals surface area contributed by atoms with Gasteiger partial charge in [-0.3, -0.25) is 14.5 Å². The summed E-state index contributed by atoms with van der Waals surface area (Å²) in [7, 11) is 0. The predicted octanol–water partition coefficient (Wildman–Crippen LogP) is 0.799. The van der Waals surface area contributed by atoms with Crippen molar-refractivity contribution in [1.82, 2.24) is 25.6 Å². The van der Waals surface area contributed by atoms with Crippen LogP contribution >= 0.6 is 11.8 Å². The van der Waals surface area contributed by atoms with Crippen LogP contribution in [0.4, 0.5) is 4.79 Å². The average Bonchev–Trinajstić information content (AvgIpc) is 3.12. The summed E-state index contributed by atoms with van der Waals surface area (Å²) in [5.41, 5.74) is 3.11. The minimum atomic E-state index is -0.486. The number of nitrogens with one attached hydrogen (secondary N) is 2. The molecule has 3 fully saturated rings. The van der Waals surface area contributed by atoms with Gasteiger partial charge in [-0.15, -0.1) is 11.8 Å². The number of hydrazine groups is 1. The summed E-state index contributed by atoms with van der Waals surface area (Å²) in [6, 6.07) is -0.290. The minimum absolute atomic E-state index is 0.0162. The molecule has 4 amide bonds. The monoisotopic (exact) mass is 383 g/mol. The van der Waals surface area contributed by atoms with Crippen LogP contribution in [0.25, 0.3) is 0 Å². The van der Waals surface area contributed by atoms with Gasteiger partial charge >= 0.3 is 6.03 Å². The summed E-state index contributed by atoms with van der Waals surface area (Å²) < 4.78 is 0. The number of hydrogen-bond donors (Lipinski definition) is 2. The molecular weight excluding hydrogens is 354 g/mol. The van der Waals surface area contributed by atoms with Crippen LogP contribution in [0.5, 0.6) is 0 Å². The Balaban J connectivity index is 1.78. The van der Waals surface area contributed by atoms with Gasteiger partial charge < -0.3 is 10.2 Å². The summed E-state index contributed by atoms with van der Waals surface area (Å²) in [5, 5.41) is 3.97. The largest absolute Gasteiger partial charge is 0.352 e. The van der Waals surface area contributed by atoms with Crippen molar-refractivity contribution in [3.8, 4) is 0 Å². The molecule has 0 spiro atoms. The number of urea groups is 1. The molecule has 0 aliphatic carbocycles. The van der Waals surface area contributed by atoms with E-state index in [2.05, 4.69) is 24.6 Å². The SMILES string of the molecule is CC(C)CCN1C(=O)C2SCCC2N2C(=O)N(CC(=O)NC(C)C)NC12. The topological polar surface area (TPSA) is 85.0 Å². The normalized spacial score (nSPS) is 28.2. The van der Waals surface area contributed by atoms with Crippen LogP contribution in [0.3, 0.4) is 0 Å². The van der Waals surface area contributed by atoms with Gasteiger partial charge in [0.1, 0.15) is 11.8 Å². The third kappa shape index (κ3) is 3.64. The Morgan fingerprint density at radius 3 is 2.69 bits per heavy atom. The van der Waals surface area contributed by atoms with E-state index in [1.165, 1.54) is 5.01 Å². The molecule has 146 valence electrons. The summed E-state index contributed by atoms with van der Waals surface area (Å²) in [6.07, 6.45) is 1.21. The van der Waals surface area contributed by atoms with E-state index in [4.69, 9.17) is 0 Å². The number of thioether (sulfide) groups is 1. The van der Waals surface area contributed by atoms with E-state index in [-0.39, 0.29) is 41.7 Å². The van der Waals surface area contributed by atoms with Gasteiger partial charge in [0.05, 0.1) is 6.04 Å². The molecule has 26 heavy (non-hydrogen) atoms. The first-order valence-corrected chi connectivity index (χ1v) is 10.4. The third-order valence-electron chi connectivity index (χ3n) is 4.92. The highest BCUT2D eigenvalue weighted by molar-refractivity contribution is 8.00. The standard InChI is InChI=1S/C17H29N5O3S/c1-10(2)5-7-20-15(24)14-12(6-8-26-14)22-16(20)19-21(17(22)25)9-13(23)18-11(3)4/h10-12,14,16,19H,5-9H2,1-4H3,(H,18,23). The Bertz CT molecular complexity index is 585. The van der Waals surface area contributed by atoms with Gasteiger partial charge in [-0.25, -0.2) is 9.80 Å². The molecular formula is C17H29N5O3S. The predicted molar refractivity (Wildman–Crippen MR) is 100.0 cm³/mol.